The molecule has 460 valence electrons. The zero-order valence-electron chi connectivity index (χ0n) is 47.4. The number of hydrogen-bond donors (Lipinski definition) is 9. The maximum absolute atomic E-state index is 14.6. The molecule has 5 heterocycles. The Morgan fingerprint density at radius 2 is 1.42 bits per heavy atom. The summed E-state index contributed by atoms with van der Waals surface area (Å²) in [5.74, 6) is -1.15. The second kappa shape index (κ2) is 23.2. The fourth-order valence-corrected chi connectivity index (χ4v) is 16.4. The van der Waals surface area contributed by atoms with E-state index in [0.29, 0.717) is 38.5 Å². The van der Waals surface area contributed by atoms with E-state index in [2.05, 4.69) is 33.8 Å². The summed E-state index contributed by atoms with van der Waals surface area (Å²) in [5.41, 5.74) is -1.42. The first kappa shape index (κ1) is 62.9. The Balaban J connectivity index is 0.912. The van der Waals surface area contributed by atoms with Gasteiger partial charge in [-0.2, -0.15) is 8.42 Å². The van der Waals surface area contributed by atoms with Crippen molar-refractivity contribution < 1.29 is 120 Å². The predicted octanol–water partition coefficient (Wildman–Crippen LogP) is 0.396. The molecule has 4 aliphatic carbocycles. The van der Waals surface area contributed by atoms with Gasteiger partial charge < -0.3 is 93.0 Å². The third-order valence-electron chi connectivity index (χ3n) is 19.8. The van der Waals surface area contributed by atoms with Crippen LogP contribution >= 0.6 is 0 Å². The number of fused-ring (bicyclic) bond motifs is 4. The molecule has 8 fully saturated rings. The van der Waals surface area contributed by atoms with Crippen molar-refractivity contribution in [3.63, 3.8) is 0 Å². The zero-order valence-corrected chi connectivity index (χ0v) is 48.2. The minimum Gasteiger partial charge on any atom is -0.462 e. The Bertz CT molecular complexity index is 2510. The smallest absolute Gasteiger partial charge is 0.397 e. The van der Waals surface area contributed by atoms with Crippen molar-refractivity contribution in [3.05, 3.63) is 35.5 Å². The van der Waals surface area contributed by atoms with Crippen LogP contribution in [0.4, 0.5) is 0 Å². The Kier molecular flexibility index (Phi) is 18.0. The van der Waals surface area contributed by atoms with E-state index in [1.54, 1.807) is 0 Å². The first-order chi connectivity index (χ1) is 37.9. The molecule has 81 heavy (non-hydrogen) atoms. The van der Waals surface area contributed by atoms with Crippen LogP contribution in [0.3, 0.4) is 0 Å². The molecule has 9 aliphatic rings. The van der Waals surface area contributed by atoms with Crippen molar-refractivity contribution in [3.8, 4) is 0 Å². The third kappa shape index (κ3) is 11.1. The van der Waals surface area contributed by atoms with Gasteiger partial charge >= 0.3 is 22.3 Å². The summed E-state index contributed by atoms with van der Waals surface area (Å²) in [4.78, 5) is 27.4. The molecule has 0 radical (unpaired) electrons. The molecule has 9 N–H and O–H groups in total. The Hall–Kier alpha value is -2.65. The number of aliphatic hydroxyl groups excluding tert-OH is 8. The number of ether oxygens (including phenoxy) is 11. The van der Waals surface area contributed by atoms with Crippen molar-refractivity contribution in [1.29, 1.82) is 0 Å². The number of methoxy groups -OCH3 is 1. The molecule has 0 amide bonds. The van der Waals surface area contributed by atoms with E-state index in [-0.39, 0.29) is 23.2 Å². The van der Waals surface area contributed by atoms with Gasteiger partial charge in [0.25, 0.3) is 0 Å². The van der Waals surface area contributed by atoms with E-state index in [4.69, 9.17) is 56.3 Å². The highest BCUT2D eigenvalue weighted by atomic mass is 32.3. The van der Waals surface area contributed by atoms with Gasteiger partial charge in [-0.05, 0) is 95.0 Å². The zero-order chi connectivity index (χ0) is 59.3. The van der Waals surface area contributed by atoms with Crippen LogP contribution in [0.5, 0.6) is 0 Å². The van der Waals surface area contributed by atoms with Crippen molar-refractivity contribution in [1.82, 2.24) is 0 Å². The molecule has 0 unspecified atom stereocenters. The molecule has 26 heteroatoms. The summed E-state index contributed by atoms with van der Waals surface area (Å²) in [6, 6.07) is 0. The van der Waals surface area contributed by atoms with E-state index in [0.717, 1.165) is 11.1 Å². The number of allylic oxidation sites excluding steroid dienone is 5. The van der Waals surface area contributed by atoms with Gasteiger partial charge in [0.1, 0.15) is 91.1 Å². The summed E-state index contributed by atoms with van der Waals surface area (Å²) in [6.07, 6.45) is -18.9. The second-order valence-corrected chi connectivity index (χ2v) is 26.3. The first-order valence-electron chi connectivity index (χ1n) is 28.0. The molecule has 27 atom stereocenters. The molecule has 3 saturated carbocycles. The normalized spacial score (nSPS) is 49.6. The summed E-state index contributed by atoms with van der Waals surface area (Å²) in [6.45, 7) is 15.5. The van der Waals surface area contributed by atoms with Crippen LogP contribution in [0.2, 0.25) is 0 Å². The maximum Gasteiger partial charge on any atom is 0.397 e. The number of rotatable bonds is 15. The van der Waals surface area contributed by atoms with Gasteiger partial charge in [0, 0.05) is 19.4 Å². The van der Waals surface area contributed by atoms with Gasteiger partial charge in [-0.25, -0.2) is 4.18 Å². The summed E-state index contributed by atoms with van der Waals surface area (Å²) >= 11 is 0. The number of cyclic esters (lactones) is 1. The SMILES string of the molecule is CO[C@@H]1[C@@H](O)[C@H](O[C@@H]2[C@@H](O)[C@H](O[C@H]3[C@H](O)[C@@H](O)[C@H](O[C@H]4[C@H](O[C@H]5CC[C@]6(C)[C@@H]7CC[C@]89C(=O)O[C@@](C)(/C=C/C=C(C)C)[C@H]8[C@@H](OC(C)=O)C[C@@]9(C)C7=CC[C@H]6C5(C)C)OC[C@@H](OS(=O)(=O)O)[C@@H]4O)O[C@@H]3C)OC[C@H]2O)O[C@H](CO)[C@H]1O. The van der Waals surface area contributed by atoms with Crippen LogP contribution in [0, 0.1) is 39.4 Å². The van der Waals surface area contributed by atoms with Crippen LogP contribution in [0.1, 0.15) is 101 Å². The molecule has 5 saturated heterocycles. The Morgan fingerprint density at radius 3 is 2.07 bits per heavy atom. The molecule has 25 nitrogen and oxygen atoms in total. The van der Waals surface area contributed by atoms with Crippen molar-refractivity contribution in [2.45, 2.75) is 229 Å². The third-order valence-corrected chi connectivity index (χ3v) is 20.3. The van der Waals surface area contributed by atoms with Crippen molar-refractivity contribution in [2.24, 2.45) is 39.4 Å². The lowest BCUT2D eigenvalue weighted by atomic mass is 9.41. The first-order valence-corrected chi connectivity index (χ1v) is 29.4. The van der Waals surface area contributed by atoms with Crippen LogP contribution in [0.25, 0.3) is 0 Å². The quantitative estimate of drug-likeness (QED) is 0.0464. The fraction of sp³-hybridized carbons (Fsp3) is 0.855. The highest BCUT2D eigenvalue weighted by Gasteiger charge is 2.79. The molecule has 5 aliphatic heterocycles. The number of carbonyl (C=O) groups is 2. The minimum atomic E-state index is -5.16. The Morgan fingerprint density at radius 1 is 0.765 bits per heavy atom. The van der Waals surface area contributed by atoms with Crippen LogP contribution in [-0.4, -0.2) is 221 Å². The lowest BCUT2D eigenvalue weighted by Crippen LogP contribution is -2.65. The standard InChI is InChI=1S/C55H84O25S/c1-24(2)12-11-17-54(9)45-30(73-26(4)57)20-53(8)28-13-14-33-51(5,6)34(16-18-52(33,7)27(28)15-19-55(45,53)50(65)79-54)75-49-44(36(60)32(23-71-49)80-81(66,67)68)78-47-38(62)37(61)41(25(3)72-47)76-46-39(63)42(29(58)22-70-46)77-48-40(64)43(69-10)35(59)31(21-56)74-48/h11-13,17,25,27,29-49,56,58-64H,14-16,18-23H2,1-10H3,(H,66,67,68)/b17-11+/t25-,27-,29-,30+,31-,32-,33+,34+,35-,36+,37-,38-,39-,40-,41-,42+,43+,44-,45-,46+,47+,48+,49+,52-,53+,54+,55-/m1/s1. The largest absolute Gasteiger partial charge is 0.462 e. The summed E-state index contributed by atoms with van der Waals surface area (Å²) in [5, 5.41) is 88.4. The maximum atomic E-state index is 14.6. The summed E-state index contributed by atoms with van der Waals surface area (Å²) in [7, 11) is -3.95. The van der Waals surface area contributed by atoms with Crippen molar-refractivity contribution >= 4 is 22.3 Å². The predicted molar refractivity (Wildman–Crippen MR) is 276 cm³/mol. The molecular formula is C55H84O25S. The molecular weight excluding hydrogens is 1090 g/mol. The Labute approximate surface area is 471 Å². The van der Waals surface area contributed by atoms with E-state index >= 15 is 0 Å². The highest BCUT2D eigenvalue weighted by Crippen LogP contribution is 2.76. The summed E-state index contributed by atoms with van der Waals surface area (Å²) < 4.78 is 104. The van der Waals surface area contributed by atoms with Gasteiger partial charge in [0.05, 0.1) is 43.4 Å². The topological polar surface area (TPSA) is 361 Å². The van der Waals surface area contributed by atoms with E-state index in [1.807, 2.05) is 39.0 Å². The average Bonchev–Trinajstić information content (AvgIpc) is 1.74. The second-order valence-electron chi connectivity index (χ2n) is 25.3. The molecule has 9 rings (SSSR count). The van der Waals surface area contributed by atoms with Crippen molar-refractivity contribution in [2.75, 3.05) is 26.9 Å². The fourth-order valence-electron chi connectivity index (χ4n) is 15.9. The number of carbonyl (C=O) groups excluding carboxylic acids is 2. The minimum absolute atomic E-state index is 0.0241. The highest BCUT2D eigenvalue weighted by molar-refractivity contribution is 7.80. The van der Waals surface area contributed by atoms with E-state index < -0.39 is 187 Å². The molecule has 0 aromatic carbocycles. The molecule has 0 bridgehead atoms. The van der Waals surface area contributed by atoms with E-state index in [1.165, 1.54) is 21.0 Å². The van der Waals surface area contributed by atoms with Gasteiger partial charge in [0.15, 0.2) is 25.2 Å². The van der Waals surface area contributed by atoms with Crippen LogP contribution in [0.15, 0.2) is 35.5 Å². The molecule has 1 spiro atoms. The number of esters is 2. The van der Waals surface area contributed by atoms with Gasteiger partial charge in [-0.3, -0.25) is 14.1 Å². The number of aliphatic hydroxyl groups is 8. The number of hydrogen-bond acceptors (Lipinski definition) is 24. The lowest BCUT2D eigenvalue weighted by Gasteiger charge is -2.63. The van der Waals surface area contributed by atoms with E-state index in [9.17, 15) is 63.4 Å². The van der Waals surface area contributed by atoms with Gasteiger partial charge in [-0.15, -0.1) is 0 Å². The van der Waals surface area contributed by atoms with Gasteiger partial charge in [-0.1, -0.05) is 57.1 Å². The van der Waals surface area contributed by atoms with Crippen LogP contribution < -0.4 is 0 Å². The monoisotopic (exact) mass is 1180 g/mol. The lowest BCUT2D eigenvalue weighted by molar-refractivity contribution is -0.382. The molecule has 0 aromatic heterocycles. The van der Waals surface area contributed by atoms with Crippen LogP contribution in [-0.2, 0) is 76.3 Å². The average molecular weight is 1180 g/mol. The van der Waals surface area contributed by atoms with Gasteiger partial charge in [0.2, 0.25) is 0 Å². The molecule has 0 aromatic rings.